The molecule has 2 N–H and O–H groups in total. The molecule has 0 atom stereocenters. The van der Waals surface area contributed by atoms with E-state index in [2.05, 4.69) is 25.7 Å². The summed E-state index contributed by atoms with van der Waals surface area (Å²) in [5, 5.41) is 13.4. The van der Waals surface area contributed by atoms with E-state index in [-0.39, 0.29) is 5.91 Å². The Balaban J connectivity index is 1.38. The Morgan fingerprint density at radius 1 is 1.17 bits per heavy atom. The second-order valence-electron chi connectivity index (χ2n) is 5.47. The number of nitrogens with zero attached hydrogens (tertiary/aromatic N) is 3. The van der Waals surface area contributed by atoms with Gasteiger partial charge in [0, 0.05) is 32.0 Å². The highest BCUT2D eigenvalue weighted by Crippen LogP contribution is 2.06. The number of aromatic amines is 1. The lowest BCUT2D eigenvalue weighted by Gasteiger charge is -2.02. The number of aryl methyl sites for hydroxylation is 1. The van der Waals surface area contributed by atoms with E-state index in [9.17, 15) is 4.79 Å². The minimum Gasteiger partial charge on any atom is -0.356 e. The van der Waals surface area contributed by atoms with Crippen LogP contribution in [0.2, 0.25) is 0 Å². The van der Waals surface area contributed by atoms with Crippen LogP contribution in [-0.2, 0) is 24.1 Å². The first-order valence-corrected chi connectivity index (χ1v) is 7.89. The molecular formula is C17H19N5O2. The van der Waals surface area contributed by atoms with Crippen LogP contribution in [0.25, 0.3) is 0 Å². The van der Waals surface area contributed by atoms with Gasteiger partial charge in [-0.05, 0) is 17.5 Å². The van der Waals surface area contributed by atoms with Crippen molar-refractivity contribution in [3.05, 3.63) is 65.6 Å². The predicted molar refractivity (Wildman–Crippen MR) is 87.2 cm³/mol. The van der Waals surface area contributed by atoms with E-state index >= 15 is 0 Å². The summed E-state index contributed by atoms with van der Waals surface area (Å²) in [7, 11) is 0. The van der Waals surface area contributed by atoms with E-state index in [0.29, 0.717) is 43.9 Å². The van der Waals surface area contributed by atoms with Gasteiger partial charge in [0.2, 0.25) is 11.8 Å². The maximum absolute atomic E-state index is 11.8. The summed E-state index contributed by atoms with van der Waals surface area (Å²) in [5.74, 6) is 1.19. The number of amides is 1. The molecule has 0 fully saturated rings. The quantitative estimate of drug-likeness (QED) is 0.657. The minimum atomic E-state index is 0.000208. The van der Waals surface area contributed by atoms with Crippen LogP contribution in [0.5, 0.6) is 0 Å². The molecule has 0 saturated carbocycles. The van der Waals surface area contributed by atoms with E-state index in [0.717, 1.165) is 11.1 Å². The number of nitrogens with one attached hydrogen (secondary N) is 2. The summed E-state index contributed by atoms with van der Waals surface area (Å²) in [5.41, 5.74) is 2.16. The number of rotatable bonds is 8. The summed E-state index contributed by atoms with van der Waals surface area (Å²) in [4.78, 5) is 16.1. The zero-order chi connectivity index (χ0) is 16.6. The molecule has 0 radical (unpaired) electrons. The Kier molecular flexibility index (Phi) is 5.34. The number of benzene rings is 1. The van der Waals surface area contributed by atoms with E-state index in [1.807, 2.05) is 30.3 Å². The summed E-state index contributed by atoms with van der Waals surface area (Å²) in [6.07, 6.45) is 5.79. The first-order valence-electron chi connectivity index (χ1n) is 7.89. The van der Waals surface area contributed by atoms with Crippen LogP contribution in [0.15, 0.2) is 47.2 Å². The van der Waals surface area contributed by atoms with Crippen molar-refractivity contribution >= 4 is 5.91 Å². The second-order valence-corrected chi connectivity index (χ2v) is 5.47. The van der Waals surface area contributed by atoms with Gasteiger partial charge in [-0.15, -0.1) is 0 Å². The van der Waals surface area contributed by atoms with Gasteiger partial charge in [-0.2, -0.15) is 10.1 Å². The Morgan fingerprint density at radius 3 is 2.83 bits per heavy atom. The van der Waals surface area contributed by atoms with E-state index in [1.165, 1.54) is 0 Å². The molecule has 0 aliphatic rings. The van der Waals surface area contributed by atoms with Gasteiger partial charge in [-0.3, -0.25) is 9.89 Å². The molecule has 0 unspecified atom stereocenters. The summed E-state index contributed by atoms with van der Waals surface area (Å²) in [6, 6.07) is 9.98. The molecule has 1 aromatic carbocycles. The molecule has 1 amide bonds. The van der Waals surface area contributed by atoms with Gasteiger partial charge in [-0.1, -0.05) is 35.5 Å². The monoisotopic (exact) mass is 325 g/mol. The molecule has 0 aliphatic carbocycles. The highest BCUT2D eigenvalue weighted by molar-refractivity contribution is 5.76. The van der Waals surface area contributed by atoms with Crippen molar-refractivity contribution in [2.75, 3.05) is 6.54 Å². The first-order chi connectivity index (χ1) is 11.8. The first kappa shape index (κ1) is 15.9. The van der Waals surface area contributed by atoms with Gasteiger partial charge in [-0.25, -0.2) is 0 Å². The van der Waals surface area contributed by atoms with Crippen molar-refractivity contribution in [2.24, 2.45) is 0 Å². The lowest BCUT2D eigenvalue weighted by atomic mass is 10.1. The normalized spacial score (nSPS) is 10.7. The summed E-state index contributed by atoms with van der Waals surface area (Å²) < 4.78 is 5.21. The van der Waals surface area contributed by atoms with Crippen LogP contribution in [0, 0.1) is 0 Å². The Bertz CT molecular complexity index is 752. The fourth-order valence-corrected chi connectivity index (χ4v) is 2.31. The van der Waals surface area contributed by atoms with Crippen LogP contribution in [0.1, 0.15) is 29.3 Å². The average Bonchev–Trinajstić information content (AvgIpc) is 3.26. The third-order valence-corrected chi connectivity index (χ3v) is 3.57. The third-order valence-electron chi connectivity index (χ3n) is 3.57. The molecule has 2 aromatic heterocycles. The van der Waals surface area contributed by atoms with Crippen LogP contribution >= 0.6 is 0 Å². The van der Waals surface area contributed by atoms with Gasteiger partial charge < -0.3 is 9.84 Å². The largest absolute Gasteiger partial charge is 0.356 e. The number of hydrogen-bond donors (Lipinski definition) is 2. The van der Waals surface area contributed by atoms with E-state index in [1.54, 1.807) is 12.4 Å². The topological polar surface area (TPSA) is 96.7 Å². The zero-order valence-electron chi connectivity index (χ0n) is 13.2. The molecular weight excluding hydrogens is 306 g/mol. The fraction of sp³-hybridized carbons (Fsp3) is 0.294. The molecule has 3 aromatic rings. The van der Waals surface area contributed by atoms with Crippen molar-refractivity contribution in [3.63, 3.8) is 0 Å². The number of hydrogen-bond acceptors (Lipinski definition) is 5. The van der Waals surface area contributed by atoms with Crippen LogP contribution in [0.3, 0.4) is 0 Å². The van der Waals surface area contributed by atoms with Crippen LogP contribution in [0.4, 0.5) is 0 Å². The van der Waals surface area contributed by atoms with Gasteiger partial charge in [0.25, 0.3) is 0 Å². The molecule has 0 bridgehead atoms. The third kappa shape index (κ3) is 4.77. The molecule has 7 heteroatoms. The van der Waals surface area contributed by atoms with Crippen molar-refractivity contribution in [1.82, 2.24) is 25.7 Å². The molecule has 7 nitrogen and oxygen atoms in total. The molecule has 2 heterocycles. The summed E-state index contributed by atoms with van der Waals surface area (Å²) >= 11 is 0. The number of carbonyl (C=O) groups is 1. The molecule has 3 rings (SSSR count). The highest BCUT2D eigenvalue weighted by atomic mass is 16.5. The smallest absolute Gasteiger partial charge is 0.228 e. The Morgan fingerprint density at radius 2 is 2.04 bits per heavy atom. The minimum absolute atomic E-state index is 0.000208. The number of H-pyrrole nitrogens is 1. The van der Waals surface area contributed by atoms with Gasteiger partial charge in [0.15, 0.2) is 5.82 Å². The maximum Gasteiger partial charge on any atom is 0.228 e. The molecule has 0 aliphatic heterocycles. The second kappa shape index (κ2) is 8.05. The van der Waals surface area contributed by atoms with E-state index < -0.39 is 0 Å². The van der Waals surface area contributed by atoms with Crippen molar-refractivity contribution < 1.29 is 9.32 Å². The van der Waals surface area contributed by atoms with Gasteiger partial charge >= 0.3 is 0 Å². The van der Waals surface area contributed by atoms with Crippen molar-refractivity contribution in [1.29, 1.82) is 0 Å². The molecule has 0 spiro atoms. The van der Waals surface area contributed by atoms with Crippen molar-refractivity contribution in [2.45, 2.75) is 25.7 Å². The predicted octanol–water partition coefficient (Wildman–Crippen LogP) is 1.68. The zero-order valence-corrected chi connectivity index (χ0v) is 13.2. The molecule has 124 valence electrons. The van der Waals surface area contributed by atoms with Crippen molar-refractivity contribution in [3.8, 4) is 0 Å². The lowest BCUT2D eigenvalue weighted by Crippen LogP contribution is -2.25. The van der Waals surface area contributed by atoms with Crippen LogP contribution < -0.4 is 5.32 Å². The summed E-state index contributed by atoms with van der Waals surface area (Å²) in [6.45, 7) is 0.483. The number of carbonyl (C=O) groups excluding carboxylic acids is 1. The maximum atomic E-state index is 11.8. The van der Waals surface area contributed by atoms with E-state index in [4.69, 9.17) is 4.52 Å². The lowest BCUT2D eigenvalue weighted by molar-refractivity contribution is -0.121. The Labute approximate surface area is 139 Å². The van der Waals surface area contributed by atoms with Crippen LogP contribution in [-0.4, -0.2) is 32.8 Å². The molecule has 24 heavy (non-hydrogen) atoms. The number of aromatic nitrogens is 4. The fourth-order valence-electron chi connectivity index (χ4n) is 2.31. The molecule has 0 saturated heterocycles. The Hall–Kier alpha value is -2.96. The van der Waals surface area contributed by atoms with Gasteiger partial charge in [0.05, 0.1) is 6.20 Å². The highest BCUT2D eigenvalue weighted by Gasteiger charge is 2.08. The SMILES string of the molecule is O=C(CCc1cn[nH]c1)NCCc1nc(Cc2ccccc2)no1. The standard InChI is InChI=1S/C17H19N5O2/c23-16(7-6-14-11-19-20-12-14)18-9-8-17-21-15(22-24-17)10-13-4-2-1-3-5-13/h1-5,11-12H,6-10H2,(H,18,23)(H,19,20). The average molecular weight is 325 g/mol. The van der Waals surface area contributed by atoms with Gasteiger partial charge in [0.1, 0.15) is 0 Å².